The van der Waals surface area contributed by atoms with Crippen LogP contribution in [0.15, 0.2) is 42.4 Å². The lowest BCUT2D eigenvalue weighted by Crippen LogP contribution is -2.58. The third kappa shape index (κ3) is 7.70. The number of alkyl halides is 1. The minimum absolute atomic E-state index is 0.0858. The molecule has 1 aliphatic rings. The number of carbonyl (C=O) groups is 3. The number of para-hydroxylation sites is 1. The third-order valence-corrected chi connectivity index (χ3v) is 7.80. The normalized spacial score (nSPS) is 24.4. The number of ether oxygens (including phenoxy) is 1. The molecule has 0 aliphatic carbocycles. The summed E-state index contributed by atoms with van der Waals surface area (Å²) in [6.07, 6.45) is -5.47. The van der Waals surface area contributed by atoms with Crippen molar-refractivity contribution in [1.29, 1.82) is 0 Å². The molecule has 218 valence electrons. The highest BCUT2D eigenvalue weighted by molar-refractivity contribution is 7.83. The number of aliphatic hydroxyl groups is 2. The first-order valence-electron chi connectivity index (χ1n) is 12.1. The van der Waals surface area contributed by atoms with Crippen molar-refractivity contribution >= 4 is 44.8 Å². The topological polar surface area (TPSA) is 161 Å². The van der Waals surface area contributed by atoms with E-state index in [-0.39, 0.29) is 12.2 Å². The van der Waals surface area contributed by atoms with Gasteiger partial charge in [-0.05, 0) is 39.8 Å². The van der Waals surface area contributed by atoms with Gasteiger partial charge in [0.2, 0.25) is 12.2 Å². The number of nitrogens with zero attached hydrogens (tertiary/aromatic N) is 2. The van der Waals surface area contributed by atoms with E-state index in [0.29, 0.717) is 11.1 Å². The second-order valence-corrected chi connectivity index (χ2v) is 11.0. The van der Waals surface area contributed by atoms with Gasteiger partial charge in [-0.3, -0.25) is 24.3 Å². The highest BCUT2D eigenvalue weighted by Gasteiger charge is 2.64. The van der Waals surface area contributed by atoms with Gasteiger partial charge in [-0.25, -0.2) is 0 Å². The van der Waals surface area contributed by atoms with Gasteiger partial charge in [-0.2, -0.15) is 4.39 Å². The van der Waals surface area contributed by atoms with E-state index in [2.05, 4.69) is 22.2 Å². The number of esters is 1. The Morgan fingerprint density at radius 2 is 1.93 bits per heavy atom. The highest BCUT2D eigenvalue weighted by atomic mass is 35.5. The monoisotopic (exact) mass is 600 g/mol. The molecule has 2 amide bonds. The molecule has 1 fully saturated rings. The SMILES string of the molecule is CC#CC1(Cl)C(O)C(O)N(B(O)P(NC(C)C(=O)OC(C)C)Oc2ccccc2)C1N(C=O)/C=C(/F)C(=O)NC. The molecule has 1 saturated heterocycles. The van der Waals surface area contributed by atoms with Gasteiger partial charge in [-0.1, -0.05) is 35.7 Å². The number of likely N-dealkylation sites (N-methyl/N-ethyl adjacent to an activating group) is 1. The fourth-order valence-electron chi connectivity index (χ4n) is 3.76. The molecule has 0 aromatic heterocycles. The van der Waals surface area contributed by atoms with E-state index >= 15 is 0 Å². The number of carbonyl (C=O) groups excluding carboxylic acids is 3. The standard InChI is InChI=1S/C24H32BClFN4O8P/c1-6-12-24(26)19(33)21(35)31(23(24)30(14-32)13-18(27)20(34)28-5)25(37)40(39-17-10-8-7-9-11-17)29-16(4)22(36)38-15(2)3/h7-11,13-16,19,21,23,29,33,35,37H,1-5H3,(H,28,34)/b18-13+. The summed E-state index contributed by atoms with van der Waals surface area (Å²) in [6, 6.07) is 7.15. The van der Waals surface area contributed by atoms with E-state index in [9.17, 15) is 34.0 Å². The van der Waals surface area contributed by atoms with Crippen LogP contribution in [0.4, 0.5) is 4.39 Å². The van der Waals surface area contributed by atoms with Crippen LogP contribution < -0.4 is 14.9 Å². The van der Waals surface area contributed by atoms with Gasteiger partial charge in [0.05, 0.1) is 6.10 Å². The zero-order valence-electron chi connectivity index (χ0n) is 22.5. The number of aliphatic hydroxyl groups excluding tert-OH is 2. The minimum Gasteiger partial charge on any atom is -0.463 e. The van der Waals surface area contributed by atoms with E-state index in [0.717, 1.165) is 4.81 Å². The van der Waals surface area contributed by atoms with Crippen LogP contribution in [-0.2, 0) is 19.1 Å². The zero-order valence-corrected chi connectivity index (χ0v) is 24.1. The van der Waals surface area contributed by atoms with E-state index in [1.165, 1.54) is 20.9 Å². The molecule has 40 heavy (non-hydrogen) atoms. The molecule has 0 spiro atoms. The van der Waals surface area contributed by atoms with E-state index in [1.807, 2.05) is 0 Å². The fraction of sp³-hybridized carbons (Fsp3) is 0.458. The molecular weight excluding hydrogens is 569 g/mol. The van der Waals surface area contributed by atoms with Crippen LogP contribution in [0.3, 0.4) is 0 Å². The van der Waals surface area contributed by atoms with Crippen LogP contribution in [0.25, 0.3) is 0 Å². The van der Waals surface area contributed by atoms with Gasteiger partial charge in [-0.15, -0.1) is 5.92 Å². The minimum atomic E-state index is -2.38. The van der Waals surface area contributed by atoms with Crippen molar-refractivity contribution in [3.8, 4) is 17.6 Å². The van der Waals surface area contributed by atoms with Crippen LogP contribution >= 0.6 is 19.8 Å². The summed E-state index contributed by atoms with van der Waals surface area (Å²) in [5.74, 6) is 2.01. The summed E-state index contributed by atoms with van der Waals surface area (Å²) in [5, 5.41) is 38.4. The van der Waals surface area contributed by atoms with Crippen LogP contribution in [0.1, 0.15) is 27.7 Å². The molecule has 5 N–H and O–H groups in total. The molecule has 0 bridgehead atoms. The number of nitrogens with one attached hydrogen (secondary N) is 2. The second-order valence-electron chi connectivity index (χ2n) is 8.84. The Bertz CT molecular complexity index is 1140. The number of rotatable bonds is 12. The largest absolute Gasteiger partial charge is 0.474 e. The summed E-state index contributed by atoms with van der Waals surface area (Å²) in [5.41, 5.74) is 0. The van der Waals surface area contributed by atoms with Gasteiger partial charge in [0.15, 0.2) is 13.1 Å². The van der Waals surface area contributed by atoms with Crippen molar-refractivity contribution in [2.45, 2.75) is 63.2 Å². The number of benzene rings is 1. The van der Waals surface area contributed by atoms with E-state index < -0.39 is 68.2 Å². The molecule has 1 heterocycles. The smallest absolute Gasteiger partial charge is 0.463 e. The zero-order chi connectivity index (χ0) is 30.2. The molecule has 1 aromatic rings. The van der Waals surface area contributed by atoms with Gasteiger partial charge >= 0.3 is 12.7 Å². The highest BCUT2D eigenvalue weighted by Crippen LogP contribution is 2.46. The van der Waals surface area contributed by atoms with Crippen molar-refractivity contribution < 1.29 is 43.3 Å². The van der Waals surface area contributed by atoms with Crippen molar-refractivity contribution in [1.82, 2.24) is 20.1 Å². The molecular formula is C24H32BClFN4O8P. The average Bonchev–Trinajstić information content (AvgIpc) is 3.11. The lowest BCUT2D eigenvalue weighted by Gasteiger charge is -2.39. The Morgan fingerprint density at radius 3 is 2.45 bits per heavy atom. The number of hydrogen-bond acceptors (Lipinski definition) is 10. The first-order valence-corrected chi connectivity index (χ1v) is 13.8. The molecule has 0 radical (unpaired) electrons. The first kappa shape index (κ1) is 33.5. The van der Waals surface area contributed by atoms with Gasteiger partial charge in [0.25, 0.3) is 5.91 Å². The Kier molecular flexibility index (Phi) is 12.3. The summed E-state index contributed by atoms with van der Waals surface area (Å²) in [7, 11) is -1.21. The Morgan fingerprint density at radius 1 is 1.30 bits per heavy atom. The maximum Gasteiger partial charge on any atom is 0.474 e. The molecule has 12 nitrogen and oxygen atoms in total. The second kappa shape index (κ2) is 14.8. The van der Waals surface area contributed by atoms with E-state index in [4.69, 9.17) is 20.9 Å². The molecule has 2 rings (SSSR count). The fourth-order valence-corrected chi connectivity index (χ4v) is 5.81. The average molecular weight is 601 g/mol. The molecule has 0 saturated carbocycles. The quantitative estimate of drug-likeness (QED) is 0.0438. The molecule has 1 aliphatic heterocycles. The molecule has 1 aromatic carbocycles. The molecule has 6 unspecified atom stereocenters. The van der Waals surface area contributed by atoms with Crippen molar-refractivity contribution in [3.05, 3.63) is 42.4 Å². The van der Waals surface area contributed by atoms with Gasteiger partial charge in [0.1, 0.15) is 30.3 Å². The van der Waals surface area contributed by atoms with E-state index in [1.54, 1.807) is 44.2 Å². The van der Waals surface area contributed by atoms with Crippen molar-refractivity contribution in [2.24, 2.45) is 0 Å². The Labute approximate surface area is 238 Å². The number of halogens is 2. The van der Waals surface area contributed by atoms with Gasteiger partial charge in [0, 0.05) is 13.2 Å². The summed E-state index contributed by atoms with van der Waals surface area (Å²) in [4.78, 5) is 35.6. The maximum atomic E-state index is 14.5. The van der Waals surface area contributed by atoms with Crippen LogP contribution in [0, 0.1) is 11.8 Å². The Hall–Kier alpha value is -2.76. The first-order chi connectivity index (χ1) is 18.8. The number of hydrogen-bond donors (Lipinski definition) is 5. The molecule has 6 atom stereocenters. The summed E-state index contributed by atoms with van der Waals surface area (Å²) < 4.78 is 25.7. The lowest BCUT2D eigenvalue weighted by atomic mass is 10.0. The summed E-state index contributed by atoms with van der Waals surface area (Å²) in [6.45, 7) is 4.24. The number of amides is 2. The van der Waals surface area contributed by atoms with Crippen molar-refractivity contribution in [2.75, 3.05) is 7.05 Å². The van der Waals surface area contributed by atoms with Crippen LogP contribution in [-0.4, -0.2) is 92.6 Å². The van der Waals surface area contributed by atoms with Crippen molar-refractivity contribution in [3.63, 3.8) is 0 Å². The van der Waals surface area contributed by atoms with Gasteiger partial charge < -0.3 is 34.7 Å². The summed E-state index contributed by atoms with van der Waals surface area (Å²) >= 11 is 6.65. The lowest BCUT2D eigenvalue weighted by molar-refractivity contribution is -0.148. The molecule has 16 heteroatoms. The van der Waals surface area contributed by atoms with Crippen LogP contribution in [0.2, 0.25) is 0 Å². The van der Waals surface area contributed by atoms with Crippen LogP contribution in [0.5, 0.6) is 5.75 Å². The predicted molar refractivity (Wildman–Crippen MR) is 147 cm³/mol. The predicted octanol–water partition coefficient (Wildman–Crippen LogP) is 0.621. The Balaban J connectivity index is 2.61. The third-order valence-electron chi connectivity index (χ3n) is 5.55. The maximum absolute atomic E-state index is 14.5.